The molecule has 1 aliphatic rings. The van der Waals surface area contributed by atoms with Gasteiger partial charge in [0.2, 0.25) is 10.0 Å². The first-order chi connectivity index (χ1) is 13.2. The minimum Gasteiger partial charge on any atom is -0.368 e. The maximum Gasteiger partial charge on any atom is 0.246 e. The zero-order valence-corrected chi connectivity index (χ0v) is 15.8. The molecular formula is C19H17F2N3O3S. The van der Waals surface area contributed by atoms with Crippen LogP contribution in [0.3, 0.4) is 0 Å². The van der Waals surface area contributed by atoms with E-state index in [4.69, 9.17) is 5.26 Å². The molecule has 0 N–H and O–H groups in total. The third-order valence-corrected chi connectivity index (χ3v) is 6.53. The Morgan fingerprint density at radius 1 is 1.07 bits per heavy atom. The molecule has 0 aromatic heterocycles. The van der Waals surface area contributed by atoms with Crippen molar-refractivity contribution in [1.82, 2.24) is 4.31 Å². The van der Waals surface area contributed by atoms with Gasteiger partial charge in [0.25, 0.3) is 0 Å². The lowest BCUT2D eigenvalue weighted by Crippen LogP contribution is -2.49. The number of nitriles is 1. The van der Waals surface area contributed by atoms with Gasteiger partial charge in [-0.1, -0.05) is 0 Å². The smallest absolute Gasteiger partial charge is 0.246 e. The van der Waals surface area contributed by atoms with Crippen molar-refractivity contribution in [2.45, 2.75) is 11.8 Å². The van der Waals surface area contributed by atoms with Crippen molar-refractivity contribution < 1.29 is 22.0 Å². The van der Waals surface area contributed by atoms with Crippen LogP contribution in [0.2, 0.25) is 0 Å². The third-order valence-electron chi connectivity index (χ3n) is 4.60. The summed E-state index contributed by atoms with van der Waals surface area (Å²) in [6.07, 6.45) is 0. The second-order valence-electron chi connectivity index (χ2n) is 6.37. The number of halogens is 2. The molecule has 0 spiro atoms. The topological polar surface area (TPSA) is 81.5 Å². The van der Waals surface area contributed by atoms with Crippen LogP contribution in [0.15, 0.2) is 41.3 Å². The quantitative estimate of drug-likeness (QED) is 0.731. The van der Waals surface area contributed by atoms with Gasteiger partial charge in [0.15, 0.2) is 5.78 Å². The zero-order valence-electron chi connectivity index (χ0n) is 15.0. The van der Waals surface area contributed by atoms with Crippen LogP contribution in [0.25, 0.3) is 0 Å². The lowest BCUT2D eigenvalue weighted by molar-refractivity contribution is 0.101. The molecule has 0 radical (unpaired) electrons. The van der Waals surface area contributed by atoms with E-state index in [1.807, 2.05) is 11.0 Å². The molecule has 0 bridgehead atoms. The third kappa shape index (κ3) is 3.74. The van der Waals surface area contributed by atoms with E-state index in [0.717, 1.165) is 16.4 Å². The van der Waals surface area contributed by atoms with E-state index >= 15 is 0 Å². The van der Waals surface area contributed by atoms with Gasteiger partial charge in [-0.05, 0) is 37.3 Å². The Hall–Kier alpha value is -2.83. The number of ketones is 1. The molecule has 2 aromatic carbocycles. The number of sulfonamides is 1. The van der Waals surface area contributed by atoms with Crippen molar-refractivity contribution in [2.75, 3.05) is 31.1 Å². The van der Waals surface area contributed by atoms with Crippen LogP contribution in [0, 0.1) is 23.0 Å². The molecule has 9 heteroatoms. The molecule has 146 valence electrons. The van der Waals surface area contributed by atoms with Crippen molar-refractivity contribution in [3.05, 3.63) is 59.2 Å². The summed E-state index contributed by atoms with van der Waals surface area (Å²) < 4.78 is 53.5. The Morgan fingerprint density at radius 2 is 1.75 bits per heavy atom. The van der Waals surface area contributed by atoms with E-state index in [9.17, 15) is 22.0 Å². The summed E-state index contributed by atoms with van der Waals surface area (Å²) in [5, 5.41) is 9.11. The molecule has 2 aromatic rings. The molecule has 1 saturated heterocycles. The Balaban J connectivity index is 1.83. The summed E-state index contributed by atoms with van der Waals surface area (Å²) in [6, 6.07) is 9.10. The fraction of sp³-hybridized carbons (Fsp3) is 0.263. The molecule has 0 aliphatic carbocycles. The van der Waals surface area contributed by atoms with Gasteiger partial charge in [0.1, 0.15) is 16.5 Å². The van der Waals surface area contributed by atoms with E-state index in [1.165, 1.54) is 6.92 Å². The Bertz CT molecular complexity index is 1070. The SMILES string of the molecule is CC(=O)c1ccc(C#N)cc1N1CCN(S(=O)(=O)c2ccc(F)cc2F)CC1. The average molecular weight is 405 g/mol. The van der Waals surface area contributed by atoms with Crippen LogP contribution in [-0.2, 0) is 10.0 Å². The van der Waals surface area contributed by atoms with Crippen LogP contribution < -0.4 is 4.90 Å². The number of nitrogens with zero attached hydrogens (tertiary/aromatic N) is 3. The number of hydrogen-bond donors (Lipinski definition) is 0. The van der Waals surface area contributed by atoms with Crippen molar-refractivity contribution in [2.24, 2.45) is 0 Å². The summed E-state index contributed by atoms with van der Waals surface area (Å²) in [7, 11) is -4.11. The zero-order chi connectivity index (χ0) is 20.5. The van der Waals surface area contributed by atoms with E-state index in [-0.39, 0.29) is 32.0 Å². The highest BCUT2D eigenvalue weighted by Gasteiger charge is 2.31. The predicted octanol–water partition coefficient (Wildman–Crippen LogP) is 2.55. The predicted molar refractivity (Wildman–Crippen MR) is 98.5 cm³/mol. The molecule has 1 aliphatic heterocycles. The van der Waals surface area contributed by atoms with Gasteiger partial charge in [-0.3, -0.25) is 4.79 Å². The summed E-state index contributed by atoms with van der Waals surface area (Å²) in [5.74, 6) is -2.15. The molecule has 0 saturated carbocycles. The molecule has 3 rings (SSSR count). The minimum atomic E-state index is -4.11. The lowest BCUT2D eigenvalue weighted by atomic mass is 10.0. The highest BCUT2D eigenvalue weighted by Crippen LogP contribution is 2.27. The number of benzene rings is 2. The maximum atomic E-state index is 13.9. The number of carbonyl (C=O) groups is 1. The molecule has 1 heterocycles. The Kier molecular flexibility index (Phi) is 5.45. The van der Waals surface area contributed by atoms with Crippen molar-refractivity contribution in [3.8, 4) is 6.07 Å². The molecule has 6 nitrogen and oxygen atoms in total. The normalized spacial score (nSPS) is 15.3. The molecule has 28 heavy (non-hydrogen) atoms. The number of Topliss-reactive ketones (excluding diaryl/α,β-unsaturated/α-hetero) is 1. The Morgan fingerprint density at radius 3 is 2.32 bits per heavy atom. The lowest BCUT2D eigenvalue weighted by Gasteiger charge is -2.36. The van der Waals surface area contributed by atoms with Crippen molar-refractivity contribution in [1.29, 1.82) is 5.26 Å². The van der Waals surface area contributed by atoms with Crippen LogP contribution in [0.1, 0.15) is 22.8 Å². The minimum absolute atomic E-state index is 0.0628. The number of hydrogen-bond acceptors (Lipinski definition) is 5. The first-order valence-corrected chi connectivity index (χ1v) is 9.93. The maximum absolute atomic E-state index is 13.9. The first kappa shape index (κ1) is 19.9. The van der Waals surface area contributed by atoms with Gasteiger partial charge < -0.3 is 4.90 Å². The molecule has 1 fully saturated rings. The highest BCUT2D eigenvalue weighted by molar-refractivity contribution is 7.89. The molecule has 0 amide bonds. The Labute approximate surface area is 161 Å². The first-order valence-electron chi connectivity index (χ1n) is 8.49. The number of piperazine rings is 1. The average Bonchev–Trinajstić information content (AvgIpc) is 2.67. The fourth-order valence-electron chi connectivity index (χ4n) is 3.15. The highest BCUT2D eigenvalue weighted by atomic mass is 32.2. The van der Waals surface area contributed by atoms with Gasteiger partial charge in [-0.2, -0.15) is 9.57 Å². The second kappa shape index (κ2) is 7.66. The van der Waals surface area contributed by atoms with Gasteiger partial charge in [0.05, 0.1) is 11.6 Å². The van der Waals surface area contributed by atoms with Gasteiger partial charge in [-0.25, -0.2) is 17.2 Å². The van der Waals surface area contributed by atoms with Crippen molar-refractivity contribution >= 4 is 21.5 Å². The second-order valence-corrected chi connectivity index (χ2v) is 8.27. The monoisotopic (exact) mass is 405 g/mol. The van der Waals surface area contributed by atoms with E-state index in [1.54, 1.807) is 18.2 Å². The van der Waals surface area contributed by atoms with E-state index < -0.39 is 26.6 Å². The largest absolute Gasteiger partial charge is 0.368 e. The van der Waals surface area contributed by atoms with Crippen LogP contribution >= 0.6 is 0 Å². The molecule has 0 unspecified atom stereocenters. The molecular weight excluding hydrogens is 388 g/mol. The van der Waals surface area contributed by atoms with Crippen LogP contribution in [0.5, 0.6) is 0 Å². The number of carbonyl (C=O) groups excluding carboxylic acids is 1. The van der Waals surface area contributed by atoms with Crippen LogP contribution in [0.4, 0.5) is 14.5 Å². The molecule has 0 atom stereocenters. The van der Waals surface area contributed by atoms with Gasteiger partial charge >= 0.3 is 0 Å². The van der Waals surface area contributed by atoms with Crippen molar-refractivity contribution in [3.63, 3.8) is 0 Å². The summed E-state index contributed by atoms with van der Waals surface area (Å²) in [5.41, 5.74) is 1.40. The number of anilines is 1. The van der Waals surface area contributed by atoms with E-state index in [0.29, 0.717) is 22.9 Å². The summed E-state index contributed by atoms with van der Waals surface area (Å²) >= 11 is 0. The van der Waals surface area contributed by atoms with Gasteiger partial charge in [0, 0.05) is 43.5 Å². The number of rotatable bonds is 4. The fourth-order valence-corrected chi connectivity index (χ4v) is 4.62. The van der Waals surface area contributed by atoms with Gasteiger partial charge in [-0.15, -0.1) is 0 Å². The van der Waals surface area contributed by atoms with E-state index in [2.05, 4.69) is 0 Å². The summed E-state index contributed by atoms with van der Waals surface area (Å²) in [6.45, 7) is 2.07. The van der Waals surface area contributed by atoms with Crippen LogP contribution in [-0.4, -0.2) is 44.7 Å². The standard InChI is InChI=1S/C19H17F2N3O3S/c1-13(25)16-4-2-14(12-22)10-18(16)23-6-8-24(9-7-23)28(26,27)19-5-3-15(20)11-17(19)21/h2-5,10-11H,6-9H2,1H3. The summed E-state index contributed by atoms with van der Waals surface area (Å²) in [4.78, 5) is 13.1.